The summed E-state index contributed by atoms with van der Waals surface area (Å²) in [5.74, 6) is 1.00. The highest BCUT2D eigenvalue weighted by Gasteiger charge is 2.15. The van der Waals surface area contributed by atoms with Gasteiger partial charge in [-0.05, 0) is 12.1 Å². The highest BCUT2D eigenvalue weighted by Crippen LogP contribution is 2.11. The van der Waals surface area contributed by atoms with E-state index in [2.05, 4.69) is 16.1 Å². The summed E-state index contributed by atoms with van der Waals surface area (Å²) in [4.78, 5) is 8.26. The highest BCUT2D eigenvalue weighted by atomic mass is 15.3. The van der Waals surface area contributed by atoms with Crippen LogP contribution in [0.3, 0.4) is 0 Å². The Balaban J connectivity index is 2.00. The Kier molecular flexibility index (Phi) is 2.50. The number of anilines is 1. The molecule has 0 aromatic carbocycles. The van der Waals surface area contributed by atoms with Crippen LogP contribution < -0.4 is 4.90 Å². The molecule has 1 aliphatic heterocycles. The minimum absolute atomic E-state index is 0.799. The van der Waals surface area contributed by atoms with E-state index in [0.29, 0.717) is 0 Å². The first-order valence-corrected chi connectivity index (χ1v) is 4.71. The summed E-state index contributed by atoms with van der Waals surface area (Å²) in [7, 11) is 0. The van der Waals surface area contributed by atoms with E-state index in [1.54, 1.807) is 11.1 Å². The molecule has 0 unspecified atom stereocenters. The molecule has 1 aromatic heterocycles. The van der Waals surface area contributed by atoms with Gasteiger partial charge >= 0.3 is 0 Å². The fourth-order valence-electron chi connectivity index (χ4n) is 1.58. The molecule has 0 aliphatic carbocycles. The van der Waals surface area contributed by atoms with E-state index >= 15 is 0 Å². The fraction of sp³-hybridized carbons (Fsp3) is 0.400. The zero-order chi connectivity index (χ0) is 9.80. The summed E-state index contributed by atoms with van der Waals surface area (Å²) in [5.41, 5.74) is 0. The summed E-state index contributed by atoms with van der Waals surface area (Å²) >= 11 is 0. The minimum atomic E-state index is 0.799. The molecule has 0 saturated carbocycles. The van der Waals surface area contributed by atoms with E-state index in [4.69, 9.17) is 5.26 Å². The third-order valence-corrected chi connectivity index (χ3v) is 2.39. The van der Waals surface area contributed by atoms with Crippen LogP contribution in [-0.2, 0) is 0 Å². The average molecular weight is 188 g/mol. The molecule has 0 spiro atoms. The molecule has 0 bridgehead atoms. The monoisotopic (exact) mass is 188 g/mol. The number of aromatic nitrogens is 1. The lowest BCUT2D eigenvalue weighted by Gasteiger charge is -2.32. The topological polar surface area (TPSA) is 43.2 Å². The molecule has 0 N–H and O–H groups in total. The van der Waals surface area contributed by atoms with Crippen molar-refractivity contribution in [1.29, 1.82) is 5.26 Å². The summed E-state index contributed by atoms with van der Waals surface area (Å²) in [6.07, 6.45) is 3.96. The number of hydrogen-bond donors (Lipinski definition) is 0. The van der Waals surface area contributed by atoms with Crippen molar-refractivity contribution in [2.24, 2.45) is 0 Å². The second-order valence-corrected chi connectivity index (χ2v) is 3.26. The number of rotatable bonds is 1. The van der Waals surface area contributed by atoms with Crippen molar-refractivity contribution in [2.45, 2.75) is 0 Å². The smallest absolute Gasteiger partial charge is 0.179 e. The van der Waals surface area contributed by atoms with Gasteiger partial charge in [-0.3, -0.25) is 0 Å². The predicted octanol–water partition coefficient (Wildman–Crippen LogP) is 0.685. The third-order valence-electron chi connectivity index (χ3n) is 2.39. The molecule has 2 rings (SSSR count). The Labute approximate surface area is 83.4 Å². The molecule has 1 aliphatic rings. The molecule has 0 atom stereocenters. The maximum Gasteiger partial charge on any atom is 0.179 e. The minimum Gasteiger partial charge on any atom is -0.353 e. The predicted molar refractivity (Wildman–Crippen MR) is 53.6 cm³/mol. The van der Waals surface area contributed by atoms with E-state index < -0.39 is 0 Å². The number of nitriles is 1. The summed E-state index contributed by atoms with van der Waals surface area (Å²) < 4.78 is 0. The van der Waals surface area contributed by atoms with Gasteiger partial charge in [0.05, 0.1) is 0 Å². The molecule has 0 amide bonds. The molecule has 1 saturated heterocycles. The standard InChI is InChI=1S/C10H12N4/c11-9-13-5-7-14(8-6-13)10-3-1-2-4-12-10/h1-4H,5-8H2. The van der Waals surface area contributed by atoms with Gasteiger partial charge in [0.1, 0.15) is 5.82 Å². The van der Waals surface area contributed by atoms with Crippen LogP contribution in [0.5, 0.6) is 0 Å². The first-order valence-electron chi connectivity index (χ1n) is 4.71. The highest BCUT2D eigenvalue weighted by molar-refractivity contribution is 5.38. The lowest BCUT2D eigenvalue weighted by Crippen LogP contribution is -2.44. The quantitative estimate of drug-likeness (QED) is 0.608. The van der Waals surface area contributed by atoms with Crippen molar-refractivity contribution in [2.75, 3.05) is 31.1 Å². The van der Waals surface area contributed by atoms with Gasteiger partial charge in [0, 0.05) is 32.4 Å². The van der Waals surface area contributed by atoms with E-state index in [0.717, 1.165) is 32.0 Å². The lowest BCUT2D eigenvalue weighted by atomic mass is 10.3. The van der Waals surface area contributed by atoms with Crippen molar-refractivity contribution < 1.29 is 0 Å². The Morgan fingerprint density at radius 1 is 1.21 bits per heavy atom. The van der Waals surface area contributed by atoms with Crippen LogP contribution in [0.4, 0.5) is 5.82 Å². The maximum absolute atomic E-state index is 8.69. The molecule has 0 radical (unpaired) electrons. The molecule has 4 nitrogen and oxygen atoms in total. The Morgan fingerprint density at radius 3 is 2.57 bits per heavy atom. The molecule has 4 heteroatoms. The Bertz CT molecular complexity index is 322. The van der Waals surface area contributed by atoms with E-state index in [1.807, 2.05) is 18.2 Å². The van der Waals surface area contributed by atoms with Gasteiger partial charge in [0.15, 0.2) is 6.19 Å². The molecule has 1 fully saturated rings. The molecule has 14 heavy (non-hydrogen) atoms. The van der Waals surface area contributed by atoms with E-state index in [1.165, 1.54) is 0 Å². The third kappa shape index (κ3) is 1.77. The number of hydrogen-bond acceptors (Lipinski definition) is 4. The zero-order valence-corrected chi connectivity index (χ0v) is 7.93. The van der Waals surface area contributed by atoms with Crippen LogP contribution in [0.15, 0.2) is 24.4 Å². The SMILES string of the molecule is N#CN1CCN(c2ccccn2)CC1. The van der Waals surface area contributed by atoms with Crippen LogP contribution >= 0.6 is 0 Å². The lowest BCUT2D eigenvalue weighted by molar-refractivity contribution is 0.362. The largest absolute Gasteiger partial charge is 0.353 e. The molecular formula is C10H12N4. The van der Waals surface area contributed by atoms with Gasteiger partial charge in [-0.1, -0.05) is 6.07 Å². The fourth-order valence-corrected chi connectivity index (χ4v) is 1.58. The van der Waals surface area contributed by atoms with Gasteiger partial charge in [0.2, 0.25) is 0 Å². The summed E-state index contributed by atoms with van der Waals surface area (Å²) in [5, 5.41) is 8.69. The second-order valence-electron chi connectivity index (χ2n) is 3.26. The van der Waals surface area contributed by atoms with Crippen LogP contribution in [0, 0.1) is 11.5 Å². The van der Waals surface area contributed by atoms with Crippen molar-refractivity contribution in [3.63, 3.8) is 0 Å². The van der Waals surface area contributed by atoms with Gasteiger partial charge in [-0.2, -0.15) is 5.26 Å². The number of nitrogens with zero attached hydrogens (tertiary/aromatic N) is 4. The Hall–Kier alpha value is -1.76. The van der Waals surface area contributed by atoms with Crippen LogP contribution in [0.2, 0.25) is 0 Å². The first kappa shape index (κ1) is 8.82. The molecule has 1 aromatic rings. The van der Waals surface area contributed by atoms with Crippen molar-refractivity contribution in [3.8, 4) is 6.19 Å². The maximum atomic E-state index is 8.69. The normalized spacial score (nSPS) is 16.5. The molecular weight excluding hydrogens is 176 g/mol. The van der Waals surface area contributed by atoms with Gasteiger partial charge in [-0.15, -0.1) is 0 Å². The van der Waals surface area contributed by atoms with E-state index in [-0.39, 0.29) is 0 Å². The van der Waals surface area contributed by atoms with Crippen LogP contribution in [0.25, 0.3) is 0 Å². The van der Waals surface area contributed by atoms with E-state index in [9.17, 15) is 0 Å². The molecule has 72 valence electrons. The Morgan fingerprint density at radius 2 is 2.00 bits per heavy atom. The summed E-state index contributed by atoms with van der Waals surface area (Å²) in [6, 6.07) is 5.90. The average Bonchev–Trinajstić information content (AvgIpc) is 2.30. The van der Waals surface area contributed by atoms with Crippen LogP contribution in [0.1, 0.15) is 0 Å². The second kappa shape index (κ2) is 3.97. The van der Waals surface area contributed by atoms with Gasteiger partial charge < -0.3 is 9.80 Å². The van der Waals surface area contributed by atoms with Gasteiger partial charge in [-0.25, -0.2) is 4.98 Å². The number of piperazine rings is 1. The van der Waals surface area contributed by atoms with Gasteiger partial charge in [0.25, 0.3) is 0 Å². The van der Waals surface area contributed by atoms with Crippen molar-refractivity contribution in [3.05, 3.63) is 24.4 Å². The zero-order valence-electron chi connectivity index (χ0n) is 7.93. The first-order chi connectivity index (χ1) is 6.90. The number of pyridine rings is 1. The summed E-state index contributed by atoms with van der Waals surface area (Å²) in [6.45, 7) is 3.36. The van der Waals surface area contributed by atoms with Crippen LogP contribution in [-0.4, -0.2) is 36.1 Å². The van der Waals surface area contributed by atoms with Crippen molar-refractivity contribution in [1.82, 2.24) is 9.88 Å². The molecule has 2 heterocycles. The van der Waals surface area contributed by atoms with Crippen molar-refractivity contribution >= 4 is 5.82 Å².